The number of hydrogen-bond donors (Lipinski definition) is 1. The van der Waals surface area contributed by atoms with E-state index in [4.69, 9.17) is 4.74 Å². The third-order valence-corrected chi connectivity index (χ3v) is 6.45. The second-order valence-electron chi connectivity index (χ2n) is 8.85. The van der Waals surface area contributed by atoms with Gasteiger partial charge < -0.3 is 19.9 Å². The van der Waals surface area contributed by atoms with Crippen molar-refractivity contribution in [2.75, 3.05) is 45.2 Å². The summed E-state index contributed by atoms with van der Waals surface area (Å²) in [6.45, 7) is 8.03. The van der Waals surface area contributed by atoms with E-state index in [1.807, 2.05) is 56.3 Å². The number of amides is 1. The van der Waals surface area contributed by atoms with Gasteiger partial charge in [0.2, 0.25) is 0 Å². The highest BCUT2D eigenvalue weighted by Crippen LogP contribution is 2.29. The number of likely N-dealkylation sites (N-methyl/N-ethyl adjacent to an activating group) is 1. The quantitative estimate of drug-likeness (QED) is 0.588. The van der Waals surface area contributed by atoms with Gasteiger partial charge in [-0.1, -0.05) is 36.4 Å². The summed E-state index contributed by atoms with van der Waals surface area (Å²) >= 11 is 0. The molecule has 33 heavy (non-hydrogen) atoms. The molecule has 0 aliphatic carbocycles. The molecule has 1 saturated heterocycles. The molecule has 5 heteroatoms. The molecule has 0 spiro atoms. The zero-order valence-electron chi connectivity index (χ0n) is 20.0. The van der Waals surface area contributed by atoms with Crippen molar-refractivity contribution in [1.29, 1.82) is 0 Å². The van der Waals surface area contributed by atoms with Crippen molar-refractivity contribution < 1.29 is 9.53 Å². The number of ether oxygens (including phenoxy) is 1. The van der Waals surface area contributed by atoms with Crippen LogP contribution in [0.5, 0.6) is 5.75 Å². The highest BCUT2D eigenvalue weighted by Gasteiger charge is 2.19. The van der Waals surface area contributed by atoms with Crippen LogP contribution in [0.1, 0.15) is 34.5 Å². The minimum absolute atomic E-state index is 0.0555. The molecule has 3 aromatic carbocycles. The maximum absolute atomic E-state index is 13.3. The fraction of sp³-hybridized carbons (Fsp3) is 0.321. The van der Waals surface area contributed by atoms with E-state index in [-0.39, 0.29) is 11.9 Å². The summed E-state index contributed by atoms with van der Waals surface area (Å²) in [6, 6.07) is 22.4. The normalized spacial score (nSPS) is 15.2. The van der Waals surface area contributed by atoms with E-state index in [9.17, 15) is 4.79 Å². The van der Waals surface area contributed by atoms with Crippen LogP contribution in [0, 0.1) is 6.92 Å². The summed E-state index contributed by atoms with van der Waals surface area (Å²) in [7, 11) is 3.82. The molecule has 0 radical (unpaired) electrons. The minimum Gasteiger partial charge on any atom is -0.497 e. The van der Waals surface area contributed by atoms with Gasteiger partial charge in [-0.2, -0.15) is 0 Å². The molecular formula is C28H33N3O2. The van der Waals surface area contributed by atoms with Crippen LogP contribution in [-0.2, 0) is 0 Å². The van der Waals surface area contributed by atoms with E-state index in [1.165, 1.54) is 0 Å². The van der Waals surface area contributed by atoms with Crippen molar-refractivity contribution in [3.05, 3.63) is 83.4 Å². The monoisotopic (exact) mass is 443 g/mol. The lowest BCUT2D eigenvalue weighted by Crippen LogP contribution is -2.44. The van der Waals surface area contributed by atoms with Crippen LogP contribution in [-0.4, -0.2) is 51.1 Å². The maximum atomic E-state index is 13.3. The molecule has 1 heterocycles. The first-order valence-corrected chi connectivity index (χ1v) is 11.5. The van der Waals surface area contributed by atoms with Gasteiger partial charge >= 0.3 is 0 Å². The lowest BCUT2D eigenvalue weighted by Gasteiger charge is -2.34. The third-order valence-electron chi connectivity index (χ3n) is 6.45. The predicted molar refractivity (Wildman–Crippen MR) is 135 cm³/mol. The third kappa shape index (κ3) is 5.37. The molecular weight excluding hydrogens is 410 g/mol. The molecule has 3 aromatic rings. The van der Waals surface area contributed by atoms with Gasteiger partial charge in [0.1, 0.15) is 5.75 Å². The van der Waals surface area contributed by atoms with Crippen LogP contribution in [0.15, 0.2) is 66.7 Å². The topological polar surface area (TPSA) is 44.8 Å². The van der Waals surface area contributed by atoms with Crippen molar-refractivity contribution in [3.63, 3.8) is 0 Å². The van der Waals surface area contributed by atoms with Crippen molar-refractivity contribution in [2.24, 2.45) is 0 Å². The Kier molecular flexibility index (Phi) is 6.99. The molecule has 4 rings (SSSR count). The average molecular weight is 444 g/mol. The van der Waals surface area contributed by atoms with E-state index < -0.39 is 0 Å². The molecule has 0 aromatic heterocycles. The molecule has 1 atom stereocenters. The Labute approximate surface area is 197 Å². The zero-order valence-corrected chi connectivity index (χ0v) is 20.0. The summed E-state index contributed by atoms with van der Waals surface area (Å²) < 4.78 is 5.54. The van der Waals surface area contributed by atoms with Gasteiger partial charge in [0.15, 0.2) is 0 Å². The number of hydrogen-bond acceptors (Lipinski definition) is 4. The van der Waals surface area contributed by atoms with Crippen LogP contribution < -0.4 is 15.0 Å². The number of piperazine rings is 1. The molecule has 172 valence electrons. The number of rotatable bonds is 6. The smallest absolute Gasteiger partial charge is 0.252 e. The number of nitrogens with one attached hydrogen (secondary N) is 1. The van der Waals surface area contributed by atoms with Gasteiger partial charge in [0.25, 0.3) is 5.91 Å². The molecule has 1 fully saturated rings. The minimum atomic E-state index is -0.165. The van der Waals surface area contributed by atoms with Crippen molar-refractivity contribution >= 4 is 11.6 Å². The maximum Gasteiger partial charge on any atom is 0.252 e. The Bertz CT molecular complexity index is 1110. The lowest BCUT2D eigenvalue weighted by atomic mass is 9.99. The zero-order chi connectivity index (χ0) is 23.4. The number of methoxy groups -OCH3 is 1. The Balaban J connectivity index is 1.55. The molecule has 0 bridgehead atoms. The van der Waals surface area contributed by atoms with Gasteiger partial charge in [-0.3, -0.25) is 4.79 Å². The molecule has 0 unspecified atom stereocenters. The molecule has 0 saturated carbocycles. The number of benzene rings is 3. The fourth-order valence-corrected chi connectivity index (χ4v) is 4.26. The van der Waals surface area contributed by atoms with Crippen LogP contribution in [0.25, 0.3) is 11.1 Å². The number of nitrogens with zero attached hydrogens (tertiary/aromatic N) is 2. The first-order chi connectivity index (χ1) is 15.9. The van der Waals surface area contributed by atoms with E-state index >= 15 is 0 Å². The number of carbonyl (C=O) groups excluding carboxylic acids is 1. The second-order valence-corrected chi connectivity index (χ2v) is 8.85. The largest absolute Gasteiger partial charge is 0.497 e. The molecule has 1 N–H and O–H groups in total. The lowest BCUT2D eigenvalue weighted by molar-refractivity contribution is 0.0939. The van der Waals surface area contributed by atoms with Crippen molar-refractivity contribution in [1.82, 2.24) is 10.2 Å². The summed E-state index contributed by atoms with van der Waals surface area (Å²) in [5.41, 5.74) is 6.01. The van der Waals surface area contributed by atoms with E-state index in [1.54, 1.807) is 7.11 Å². The first-order valence-electron chi connectivity index (χ1n) is 11.5. The van der Waals surface area contributed by atoms with Gasteiger partial charge in [0, 0.05) is 37.4 Å². The SMILES string of the molecule is COc1cc(-c2ccccc2)cc([C@@H](C)NC(=O)c2cc(N3CCN(C)CC3)ccc2C)c1. The highest BCUT2D eigenvalue weighted by molar-refractivity contribution is 5.97. The summed E-state index contributed by atoms with van der Waals surface area (Å²) in [5.74, 6) is 0.723. The number of anilines is 1. The Hall–Kier alpha value is -3.31. The van der Waals surface area contributed by atoms with E-state index in [0.717, 1.165) is 65.4 Å². The highest BCUT2D eigenvalue weighted by atomic mass is 16.5. The summed E-state index contributed by atoms with van der Waals surface area (Å²) in [5, 5.41) is 3.20. The van der Waals surface area contributed by atoms with Crippen molar-refractivity contribution in [3.8, 4) is 16.9 Å². The van der Waals surface area contributed by atoms with Crippen LogP contribution in [0.3, 0.4) is 0 Å². The van der Waals surface area contributed by atoms with Crippen LogP contribution >= 0.6 is 0 Å². The molecule has 5 nitrogen and oxygen atoms in total. The predicted octanol–water partition coefficient (Wildman–Crippen LogP) is 4.91. The number of carbonyl (C=O) groups is 1. The van der Waals surface area contributed by atoms with Crippen LogP contribution in [0.2, 0.25) is 0 Å². The van der Waals surface area contributed by atoms with Crippen LogP contribution in [0.4, 0.5) is 5.69 Å². The first kappa shape index (κ1) is 22.9. The van der Waals surface area contributed by atoms with Gasteiger partial charge in [-0.05, 0) is 73.5 Å². The molecule has 1 aliphatic heterocycles. The Morgan fingerprint density at radius 2 is 1.67 bits per heavy atom. The average Bonchev–Trinajstić information content (AvgIpc) is 2.85. The van der Waals surface area contributed by atoms with Crippen molar-refractivity contribution in [2.45, 2.75) is 19.9 Å². The Morgan fingerprint density at radius 3 is 2.36 bits per heavy atom. The van der Waals surface area contributed by atoms with Gasteiger partial charge in [-0.15, -0.1) is 0 Å². The second kappa shape index (κ2) is 10.1. The summed E-state index contributed by atoms with van der Waals surface area (Å²) in [4.78, 5) is 18.0. The van der Waals surface area contributed by atoms with E-state index in [2.05, 4.69) is 46.4 Å². The molecule has 1 amide bonds. The fourth-order valence-electron chi connectivity index (χ4n) is 4.26. The standard InChI is InChI=1S/C28H33N3O2/c1-20-10-11-25(31-14-12-30(3)13-15-31)19-27(20)28(32)29-21(2)23-16-24(18-26(17-23)33-4)22-8-6-5-7-9-22/h5-11,16-19,21H,12-15H2,1-4H3,(H,29,32)/t21-/m1/s1. The number of aryl methyl sites for hydroxylation is 1. The van der Waals surface area contributed by atoms with Gasteiger partial charge in [-0.25, -0.2) is 0 Å². The summed E-state index contributed by atoms with van der Waals surface area (Å²) in [6.07, 6.45) is 0. The van der Waals surface area contributed by atoms with E-state index in [0.29, 0.717) is 0 Å². The Morgan fingerprint density at radius 1 is 0.939 bits per heavy atom. The van der Waals surface area contributed by atoms with Gasteiger partial charge in [0.05, 0.1) is 13.2 Å². The molecule has 1 aliphatic rings.